The van der Waals surface area contributed by atoms with Crippen LogP contribution in [0.3, 0.4) is 0 Å². The van der Waals surface area contributed by atoms with Crippen molar-refractivity contribution in [2.24, 2.45) is 0 Å². The summed E-state index contributed by atoms with van der Waals surface area (Å²) in [5, 5.41) is 12.3. The molecule has 9 nitrogen and oxygen atoms in total. The summed E-state index contributed by atoms with van der Waals surface area (Å²) in [5.74, 6) is -1.15. The zero-order valence-electron chi connectivity index (χ0n) is 19.8. The van der Waals surface area contributed by atoms with Gasteiger partial charge in [-0.3, -0.25) is 14.4 Å². The Bertz CT molecular complexity index is 1160. The van der Waals surface area contributed by atoms with Crippen LogP contribution < -0.4 is 14.9 Å². The number of hydrogen-bond acceptors (Lipinski definition) is 6. The van der Waals surface area contributed by atoms with E-state index in [9.17, 15) is 23.1 Å². The first-order valence-electron chi connectivity index (χ1n) is 11.3. The quantitative estimate of drug-likeness (QED) is 0.496. The van der Waals surface area contributed by atoms with Crippen LogP contribution in [0.2, 0.25) is 0 Å². The number of aromatic carboxylic acids is 1. The van der Waals surface area contributed by atoms with Gasteiger partial charge in [0.25, 0.3) is 10.0 Å². The molecule has 0 aromatic heterocycles. The maximum atomic E-state index is 13.1. The number of benzene rings is 2. The second-order valence-corrected chi connectivity index (χ2v) is 10.2. The molecule has 0 radical (unpaired) electrons. The van der Waals surface area contributed by atoms with Gasteiger partial charge in [0.05, 0.1) is 28.4 Å². The number of aryl methyl sites for hydroxylation is 2. The molecule has 34 heavy (non-hydrogen) atoms. The Balaban J connectivity index is 1.81. The fourth-order valence-electron chi connectivity index (χ4n) is 3.78. The summed E-state index contributed by atoms with van der Waals surface area (Å²) in [6.07, 6.45) is 0.882. The van der Waals surface area contributed by atoms with E-state index in [1.807, 2.05) is 30.6 Å². The lowest BCUT2D eigenvalue weighted by molar-refractivity contribution is -0.122. The summed E-state index contributed by atoms with van der Waals surface area (Å²) >= 11 is 0. The number of nitrogens with zero attached hydrogens (tertiary/aromatic N) is 2. The monoisotopic (exact) mass is 488 g/mol. The van der Waals surface area contributed by atoms with Gasteiger partial charge in [0.15, 0.2) is 0 Å². The third kappa shape index (κ3) is 6.27. The molecule has 184 valence electrons. The molecular formula is C24H32N4O5S. The summed E-state index contributed by atoms with van der Waals surface area (Å²) in [6, 6.07) is 9.32. The highest BCUT2D eigenvalue weighted by atomic mass is 32.2. The van der Waals surface area contributed by atoms with Crippen LogP contribution >= 0.6 is 0 Å². The minimum absolute atomic E-state index is 0.00670. The maximum Gasteiger partial charge on any atom is 0.335 e. The van der Waals surface area contributed by atoms with E-state index in [4.69, 9.17) is 0 Å². The van der Waals surface area contributed by atoms with Gasteiger partial charge in [-0.2, -0.15) is 0 Å². The average molecular weight is 489 g/mol. The van der Waals surface area contributed by atoms with Gasteiger partial charge in [-0.25, -0.2) is 13.2 Å². The zero-order chi connectivity index (χ0) is 24.9. The molecule has 1 fully saturated rings. The molecule has 0 aliphatic carbocycles. The number of carbonyl (C=O) groups is 2. The van der Waals surface area contributed by atoms with E-state index in [-0.39, 0.29) is 22.1 Å². The summed E-state index contributed by atoms with van der Waals surface area (Å²) in [5.41, 5.74) is 2.64. The predicted octanol–water partition coefficient (Wildman–Crippen LogP) is 2.45. The van der Waals surface area contributed by atoms with Crippen molar-refractivity contribution in [3.05, 3.63) is 53.1 Å². The molecule has 0 atom stereocenters. The summed E-state index contributed by atoms with van der Waals surface area (Å²) in [4.78, 5) is 27.7. The normalized spacial score (nSPS) is 14.6. The Morgan fingerprint density at radius 3 is 2.32 bits per heavy atom. The van der Waals surface area contributed by atoms with Crippen LogP contribution in [-0.4, -0.2) is 69.6 Å². The third-order valence-electron chi connectivity index (χ3n) is 5.93. The van der Waals surface area contributed by atoms with Crippen molar-refractivity contribution in [2.75, 3.05) is 48.9 Å². The first kappa shape index (κ1) is 25.5. The molecule has 1 aliphatic rings. The zero-order valence-corrected chi connectivity index (χ0v) is 20.6. The lowest BCUT2D eigenvalue weighted by Gasteiger charge is -2.36. The number of amides is 1. The molecule has 1 saturated heterocycles. The highest BCUT2D eigenvalue weighted by Crippen LogP contribution is 2.31. The van der Waals surface area contributed by atoms with Crippen molar-refractivity contribution in [3.8, 4) is 0 Å². The number of anilines is 2. The van der Waals surface area contributed by atoms with E-state index in [2.05, 4.69) is 10.0 Å². The molecule has 1 aliphatic heterocycles. The molecule has 1 amide bonds. The largest absolute Gasteiger partial charge is 0.478 e. The second kappa shape index (κ2) is 10.9. The number of carboxylic acids is 1. The van der Waals surface area contributed by atoms with Gasteiger partial charge in [0, 0.05) is 32.7 Å². The van der Waals surface area contributed by atoms with Gasteiger partial charge in [-0.1, -0.05) is 13.0 Å². The van der Waals surface area contributed by atoms with E-state index in [1.54, 1.807) is 18.2 Å². The van der Waals surface area contributed by atoms with Crippen molar-refractivity contribution < 1.29 is 23.1 Å². The Kier molecular flexibility index (Phi) is 8.16. The number of carbonyl (C=O) groups excluding carboxylic acids is 1. The first-order valence-corrected chi connectivity index (χ1v) is 12.8. The second-order valence-electron chi connectivity index (χ2n) is 8.50. The molecule has 0 bridgehead atoms. The number of nitrogens with one attached hydrogen (secondary N) is 2. The summed E-state index contributed by atoms with van der Waals surface area (Å²) in [7, 11) is -3.92. The summed E-state index contributed by atoms with van der Waals surface area (Å²) in [6.45, 7) is 9.12. The third-order valence-corrected chi connectivity index (χ3v) is 7.29. The van der Waals surface area contributed by atoms with Crippen LogP contribution in [0.1, 0.15) is 34.8 Å². The van der Waals surface area contributed by atoms with Gasteiger partial charge < -0.3 is 15.3 Å². The highest BCUT2D eigenvalue weighted by molar-refractivity contribution is 7.92. The molecule has 0 spiro atoms. The van der Waals surface area contributed by atoms with E-state index in [0.717, 1.165) is 17.5 Å². The SMILES string of the molecule is CCCNC(=O)CN1CCN(c2ccc(C(=O)O)cc2NS(=O)(=O)c2ccc(C)c(C)c2)CC1. The molecule has 2 aromatic rings. The fourth-order valence-corrected chi connectivity index (χ4v) is 4.93. The number of sulfonamides is 1. The average Bonchev–Trinajstić information content (AvgIpc) is 2.79. The molecule has 10 heteroatoms. The molecule has 0 saturated carbocycles. The van der Waals surface area contributed by atoms with Gasteiger partial charge in [-0.05, 0) is 61.7 Å². The van der Waals surface area contributed by atoms with Crippen LogP contribution in [0, 0.1) is 13.8 Å². The van der Waals surface area contributed by atoms with E-state index < -0.39 is 16.0 Å². The summed E-state index contributed by atoms with van der Waals surface area (Å²) < 4.78 is 28.8. The Morgan fingerprint density at radius 1 is 1.00 bits per heavy atom. The predicted molar refractivity (Wildman–Crippen MR) is 132 cm³/mol. The van der Waals surface area contributed by atoms with Crippen LogP contribution in [-0.2, 0) is 14.8 Å². The highest BCUT2D eigenvalue weighted by Gasteiger charge is 2.24. The lowest BCUT2D eigenvalue weighted by atomic mass is 10.1. The molecule has 1 heterocycles. The minimum atomic E-state index is -3.92. The van der Waals surface area contributed by atoms with Gasteiger partial charge in [-0.15, -0.1) is 0 Å². The fraction of sp³-hybridized carbons (Fsp3) is 0.417. The van der Waals surface area contributed by atoms with Crippen molar-refractivity contribution in [1.29, 1.82) is 0 Å². The number of hydrogen-bond donors (Lipinski definition) is 3. The van der Waals surface area contributed by atoms with E-state index in [0.29, 0.717) is 45.0 Å². The molecular weight excluding hydrogens is 456 g/mol. The van der Waals surface area contributed by atoms with Crippen LogP contribution in [0.25, 0.3) is 0 Å². The van der Waals surface area contributed by atoms with Crippen molar-refractivity contribution in [1.82, 2.24) is 10.2 Å². The van der Waals surface area contributed by atoms with E-state index >= 15 is 0 Å². The van der Waals surface area contributed by atoms with Crippen LogP contribution in [0.4, 0.5) is 11.4 Å². The number of piperazine rings is 1. The van der Waals surface area contributed by atoms with Crippen molar-refractivity contribution >= 4 is 33.3 Å². The van der Waals surface area contributed by atoms with Crippen molar-refractivity contribution in [3.63, 3.8) is 0 Å². The van der Waals surface area contributed by atoms with Crippen LogP contribution in [0.5, 0.6) is 0 Å². The van der Waals surface area contributed by atoms with E-state index in [1.165, 1.54) is 18.2 Å². The molecule has 0 unspecified atom stereocenters. The molecule has 3 N–H and O–H groups in total. The molecule has 3 rings (SSSR count). The Morgan fingerprint density at radius 2 is 1.71 bits per heavy atom. The Labute approximate surface area is 200 Å². The standard InChI is InChI=1S/C24H32N4O5S/c1-4-9-25-23(29)16-27-10-12-28(13-11-27)22-8-6-19(24(30)31)15-21(22)26-34(32,33)20-7-5-17(2)18(3)14-20/h5-8,14-15,26H,4,9-13,16H2,1-3H3,(H,25,29)(H,30,31). The number of rotatable bonds is 9. The van der Waals surface area contributed by atoms with Crippen LogP contribution in [0.15, 0.2) is 41.3 Å². The molecule has 2 aromatic carbocycles. The van der Waals surface area contributed by atoms with Gasteiger partial charge >= 0.3 is 5.97 Å². The minimum Gasteiger partial charge on any atom is -0.478 e. The van der Waals surface area contributed by atoms with Gasteiger partial charge in [0.2, 0.25) is 5.91 Å². The Hall–Kier alpha value is -3.11. The van der Waals surface area contributed by atoms with Crippen molar-refractivity contribution in [2.45, 2.75) is 32.1 Å². The number of carboxylic acid groups (broad SMARTS) is 1. The maximum absolute atomic E-state index is 13.1. The topological polar surface area (TPSA) is 119 Å². The smallest absolute Gasteiger partial charge is 0.335 e. The first-order chi connectivity index (χ1) is 16.1. The van der Waals surface area contributed by atoms with Gasteiger partial charge in [0.1, 0.15) is 0 Å². The lowest BCUT2D eigenvalue weighted by Crippen LogP contribution is -2.49.